The van der Waals surface area contributed by atoms with Crippen LogP contribution in [-0.2, 0) is 4.74 Å². The van der Waals surface area contributed by atoms with E-state index in [0.717, 1.165) is 0 Å². The normalized spacial score (nSPS) is 49.2. The van der Waals surface area contributed by atoms with Crippen LogP contribution in [0.25, 0.3) is 0 Å². The SMILES string of the molecule is C[C@@H]1C(CO)O[C@@H](O)C(N)C1O. The molecular formula is C7H15NO4. The molecule has 5 heteroatoms. The van der Waals surface area contributed by atoms with Crippen LogP contribution in [0.2, 0.25) is 0 Å². The molecule has 0 spiro atoms. The Morgan fingerprint density at radius 3 is 2.50 bits per heavy atom. The minimum Gasteiger partial charge on any atom is -0.394 e. The molecule has 1 fully saturated rings. The maximum atomic E-state index is 9.44. The molecule has 1 rings (SSSR count). The zero-order chi connectivity index (χ0) is 9.30. The van der Waals surface area contributed by atoms with Crippen LogP contribution in [0.4, 0.5) is 0 Å². The zero-order valence-corrected chi connectivity index (χ0v) is 6.92. The maximum absolute atomic E-state index is 9.44. The van der Waals surface area contributed by atoms with Crippen LogP contribution in [0.1, 0.15) is 6.92 Å². The van der Waals surface area contributed by atoms with Crippen LogP contribution in [0, 0.1) is 5.92 Å². The summed E-state index contributed by atoms with van der Waals surface area (Å²) in [5, 5.41) is 27.4. The second-order valence-electron chi connectivity index (χ2n) is 3.17. The molecule has 0 amide bonds. The van der Waals surface area contributed by atoms with E-state index < -0.39 is 24.5 Å². The average Bonchev–Trinajstić information content (AvgIpc) is 2.08. The van der Waals surface area contributed by atoms with Gasteiger partial charge >= 0.3 is 0 Å². The summed E-state index contributed by atoms with van der Waals surface area (Å²) in [7, 11) is 0. The second-order valence-corrected chi connectivity index (χ2v) is 3.17. The van der Waals surface area contributed by atoms with Crippen molar-refractivity contribution in [1.29, 1.82) is 0 Å². The Labute approximate surface area is 70.8 Å². The van der Waals surface area contributed by atoms with Crippen LogP contribution in [-0.4, -0.2) is 46.5 Å². The topological polar surface area (TPSA) is 95.9 Å². The molecule has 1 saturated heterocycles. The highest BCUT2D eigenvalue weighted by Gasteiger charge is 2.39. The highest BCUT2D eigenvalue weighted by molar-refractivity contribution is 4.88. The molecule has 0 aromatic carbocycles. The van der Waals surface area contributed by atoms with Gasteiger partial charge in [-0.25, -0.2) is 0 Å². The van der Waals surface area contributed by atoms with Crippen molar-refractivity contribution < 1.29 is 20.1 Å². The Bertz CT molecular complexity index is 150. The Hall–Kier alpha value is -0.200. The minimum atomic E-state index is -1.19. The van der Waals surface area contributed by atoms with Crippen molar-refractivity contribution in [3.8, 4) is 0 Å². The van der Waals surface area contributed by atoms with Crippen LogP contribution in [0.5, 0.6) is 0 Å². The van der Waals surface area contributed by atoms with E-state index in [-0.39, 0.29) is 12.5 Å². The van der Waals surface area contributed by atoms with Crippen LogP contribution in [0.3, 0.4) is 0 Å². The molecule has 12 heavy (non-hydrogen) atoms. The molecule has 1 aliphatic heterocycles. The van der Waals surface area contributed by atoms with Crippen molar-refractivity contribution in [2.75, 3.05) is 6.61 Å². The monoisotopic (exact) mass is 177 g/mol. The standard InChI is InChI=1S/C7H15NO4/c1-3-4(2-9)12-7(11)5(8)6(3)10/h3-7,9-11H,2,8H2,1H3/t3-,4?,5?,6?,7-/m1/s1. The summed E-state index contributed by atoms with van der Waals surface area (Å²) < 4.78 is 4.95. The number of rotatable bonds is 1. The van der Waals surface area contributed by atoms with Gasteiger partial charge in [-0.3, -0.25) is 0 Å². The Balaban J connectivity index is 2.63. The van der Waals surface area contributed by atoms with Gasteiger partial charge in [-0.2, -0.15) is 0 Å². The fourth-order valence-electron chi connectivity index (χ4n) is 1.34. The van der Waals surface area contributed by atoms with Gasteiger partial charge in [-0.05, 0) is 0 Å². The second kappa shape index (κ2) is 3.68. The van der Waals surface area contributed by atoms with Crippen LogP contribution >= 0.6 is 0 Å². The molecule has 0 aromatic rings. The molecule has 0 aliphatic carbocycles. The smallest absolute Gasteiger partial charge is 0.172 e. The van der Waals surface area contributed by atoms with Crippen LogP contribution < -0.4 is 5.73 Å². The predicted octanol–water partition coefficient (Wildman–Crippen LogP) is -1.98. The first-order valence-electron chi connectivity index (χ1n) is 3.96. The molecule has 0 aromatic heterocycles. The highest BCUT2D eigenvalue weighted by Crippen LogP contribution is 2.23. The number of nitrogens with two attached hydrogens (primary N) is 1. The molecular weight excluding hydrogens is 162 g/mol. The lowest BCUT2D eigenvalue weighted by Gasteiger charge is -2.39. The van der Waals surface area contributed by atoms with Gasteiger partial charge in [0.2, 0.25) is 0 Å². The number of aliphatic hydroxyl groups is 3. The summed E-state index contributed by atoms with van der Waals surface area (Å²) in [6.07, 6.45) is -2.55. The third kappa shape index (κ3) is 1.60. The summed E-state index contributed by atoms with van der Waals surface area (Å²) in [6.45, 7) is 1.50. The van der Waals surface area contributed by atoms with E-state index in [1.165, 1.54) is 0 Å². The quantitative estimate of drug-likeness (QED) is 0.372. The molecule has 0 radical (unpaired) electrons. The molecule has 0 bridgehead atoms. The average molecular weight is 177 g/mol. The number of hydrogen-bond acceptors (Lipinski definition) is 5. The Morgan fingerprint density at radius 1 is 1.42 bits per heavy atom. The van der Waals surface area contributed by atoms with Gasteiger partial charge in [0, 0.05) is 5.92 Å². The van der Waals surface area contributed by atoms with Crippen molar-refractivity contribution >= 4 is 0 Å². The van der Waals surface area contributed by atoms with Gasteiger partial charge in [-0.1, -0.05) is 6.92 Å². The first-order chi connectivity index (χ1) is 5.57. The van der Waals surface area contributed by atoms with E-state index in [2.05, 4.69) is 0 Å². The van der Waals surface area contributed by atoms with E-state index in [1.54, 1.807) is 6.92 Å². The lowest BCUT2D eigenvalue weighted by Crippen LogP contribution is -2.58. The van der Waals surface area contributed by atoms with Gasteiger partial charge in [0.25, 0.3) is 0 Å². The summed E-state index contributed by atoms with van der Waals surface area (Å²) >= 11 is 0. The number of ether oxygens (including phenoxy) is 1. The zero-order valence-electron chi connectivity index (χ0n) is 6.92. The molecule has 5 N–H and O–H groups in total. The van der Waals surface area contributed by atoms with Crippen molar-refractivity contribution in [1.82, 2.24) is 0 Å². The molecule has 1 heterocycles. The molecule has 0 saturated carbocycles. The van der Waals surface area contributed by atoms with Gasteiger partial charge in [0.15, 0.2) is 6.29 Å². The van der Waals surface area contributed by atoms with Gasteiger partial charge in [-0.15, -0.1) is 0 Å². The third-order valence-electron chi connectivity index (χ3n) is 2.34. The summed E-state index contributed by atoms with van der Waals surface area (Å²) in [5.41, 5.74) is 5.42. The van der Waals surface area contributed by atoms with Crippen molar-refractivity contribution in [3.63, 3.8) is 0 Å². The van der Waals surface area contributed by atoms with Crippen molar-refractivity contribution in [2.45, 2.75) is 31.5 Å². The molecule has 72 valence electrons. The van der Waals surface area contributed by atoms with Gasteiger partial charge < -0.3 is 25.8 Å². The van der Waals surface area contributed by atoms with Crippen molar-refractivity contribution in [2.24, 2.45) is 11.7 Å². The minimum absolute atomic E-state index is 0.220. The van der Waals surface area contributed by atoms with Crippen molar-refractivity contribution in [3.05, 3.63) is 0 Å². The molecule has 3 unspecified atom stereocenters. The molecule has 5 nitrogen and oxygen atoms in total. The molecule has 1 aliphatic rings. The largest absolute Gasteiger partial charge is 0.394 e. The van der Waals surface area contributed by atoms with Gasteiger partial charge in [0.1, 0.15) is 0 Å². The van der Waals surface area contributed by atoms with Gasteiger partial charge in [0.05, 0.1) is 24.9 Å². The number of aliphatic hydroxyl groups excluding tert-OH is 3. The summed E-state index contributed by atoms with van der Waals surface area (Å²) in [6, 6.07) is -0.789. The van der Waals surface area contributed by atoms with E-state index >= 15 is 0 Å². The lowest BCUT2D eigenvalue weighted by atomic mass is 9.90. The van der Waals surface area contributed by atoms with Crippen LogP contribution in [0.15, 0.2) is 0 Å². The Morgan fingerprint density at radius 2 is 2.00 bits per heavy atom. The maximum Gasteiger partial charge on any atom is 0.172 e. The predicted molar refractivity (Wildman–Crippen MR) is 41.1 cm³/mol. The summed E-state index contributed by atoms with van der Waals surface area (Å²) in [5.74, 6) is -0.256. The van der Waals surface area contributed by atoms with E-state index in [4.69, 9.17) is 20.7 Å². The summed E-state index contributed by atoms with van der Waals surface area (Å²) in [4.78, 5) is 0. The fourth-order valence-corrected chi connectivity index (χ4v) is 1.34. The Kier molecular flexibility index (Phi) is 3.03. The van der Waals surface area contributed by atoms with E-state index in [1.807, 2.05) is 0 Å². The third-order valence-corrected chi connectivity index (χ3v) is 2.34. The number of hydrogen-bond donors (Lipinski definition) is 4. The highest BCUT2D eigenvalue weighted by atomic mass is 16.6. The van der Waals surface area contributed by atoms with E-state index in [0.29, 0.717) is 0 Å². The fraction of sp³-hybridized carbons (Fsp3) is 1.00. The first-order valence-corrected chi connectivity index (χ1v) is 3.96. The first kappa shape index (κ1) is 9.88. The molecule has 5 atom stereocenters. The lowest BCUT2D eigenvalue weighted by molar-refractivity contribution is -0.229. The van der Waals surface area contributed by atoms with E-state index in [9.17, 15) is 5.11 Å².